The van der Waals surface area contributed by atoms with E-state index < -0.39 is 0 Å². The molecule has 0 spiro atoms. The Labute approximate surface area is 141 Å². The average Bonchev–Trinajstić information content (AvgIpc) is 3.28. The third-order valence-corrected chi connectivity index (χ3v) is 4.01. The molecular formula is C19H21N3O2. The van der Waals surface area contributed by atoms with Gasteiger partial charge in [-0.05, 0) is 24.1 Å². The van der Waals surface area contributed by atoms with Crippen LogP contribution in [0.15, 0.2) is 65.5 Å². The number of hydrogen-bond donors (Lipinski definition) is 1. The molecule has 0 radical (unpaired) electrons. The summed E-state index contributed by atoms with van der Waals surface area (Å²) in [6.07, 6.45) is 6.10. The van der Waals surface area contributed by atoms with Crippen LogP contribution in [0.1, 0.15) is 24.8 Å². The Morgan fingerprint density at radius 1 is 1.25 bits per heavy atom. The fourth-order valence-electron chi connectivity index (χ4n) is 2.73. The maximum absolute atomic E-state index is 12.4. The molecule has 0 fully saturated rings. The van der Waals surface area contributed by atoms with E-state index in [0.717, 1.165) is 23.3 Å². The molecule has 5 nitrogen and oxygen atoms in total. The average molecular weight is 323 g/mol. The van der Waals surface area contributed by atoms with Gasteiger partial charge in [-0.25, -0.2) is 0 Å². The highest BCUT2D eigenvalue weighted by Gasteiger charge is 2.17. The quantitative estimate of drug-likeness (QED) is 0.724. The zero-order chi connectivity index (χ0) is 16.8. The standard InChI is InChI=1S/C19H21N3O2/c1-2-17(15-7-4-3-5-8-15)19(23)20-10-11-22-14-16(13-21-22)18-9-6-12-24-18/h3-9,12-14,17H,2,10-11H2,1H3,(H,20,23)/t17-/m0/s1. The minimum absolute atomic E-state index is 0.0575. The normalized spacial score (nSPS) is 12.0. The Morgan fingerprint density at radius 3 is 2.79 bits per heavy atom. The summed E-state index contributed by atoms with van der Waals surface area (Å²) < 4.78 is 7.15. The highest BCUT2D eigenvalue weighted by molar-refractivity contribution is 5.83. The van der Waals surface area contributed by atoms with Gasteiger partial charge in [-0.3, -0.25) is 9.48 Å². The lowest BCUT2D eigenvalue weighted by atomic mass is 9.96. The molecule has 24 heavy (non-hydrogen) atoms. The molecule has 0 saturated heterocycles. The summed E-state index contributed by atoms with van der Waals surface area (Å²) in [5, 5.41) is 7.30. The van der Waals surface area contributed by atoms with E-state index in [2.05, 4.69) is 10.4 Å². The fourth-order valence-corrected chi connectivity index (χ4v) is 2.73. The second kappa shape index (κ2) is 7.64. The van der Waals surface area contributed by atoms with E-state index in [-0.39, 0.29) is 11.8 Å². The number of nitrogens with one attached hydrogen (secondary N) is 1. The molecule has 0 aliphatic heterocycles. The number of amides is 1. The lowest BCUT2D eigenvalue weighted by Crippen LogP contribution is -2.31. The molecule has 5 heteroatoms. The third kappa shape index (κ3) is 3.74. The maximum Gasteiger partial charge on any atom is 0.227 e. The van der Waals surface area contributed by atoms with Crippen LogP contribution in [0.25, 0.3) is 11.3 Å². The summed E-state index contributed by atoms with van der Waals surface area (Å²) in [7, 11) is 0. The number of aromatic nitrogens is 2. The highest BCUT2D eigenvalue weighted by atomic mass is 16.3. The van der Waals surface area contributed by atoms with Gasteiger partial charge in [0.25, 0.3) is 0 Å². The first-order valence-electron chi connectivity index (χ1n) is 8.17. The zero-order valence-corrected chi connectivity index (χ0v) is 13.7. The molecule has 3 aromatic rings. The van der Waals surface area contributed by atoms with Gasteiger partial charge in [0.1, 0.15) is 5.76 Å². The summed E-state index contributed by atoms with van der Waals surface area (Å²) in [5.74, 6) is 0.741. The Morgan fingerprint density at radius 2 is 2.08 bits per heavy atom. The molecule has 0 aliphatic carbocycles. The predicted octanol–water partition coefficient (Wildman–Crippen LogP) is 3.45. The fraction of sp³-hybridized carbons (Fsp3) is 0.263. The Hall–Kier alpha value is -2.82. The van der Waals surface area contributed by atoms with E-state index in [0.29, 0.717) is 13.1 Å². The second-order valence-corrected chi connectivity index (χ2v) is 5.63. The Bertz CT molecular complexity index is 763. The lowest BCUT2D eigenvalue weighted by Gasteiger charge is -2.15. The van der Waals surface area contributed by atoms with Gasteiger partial charge >= 0.3 is 0 Å². The van der Waals surface area contributed by atoms with Gasteiger partial charge in [-0.15, -0.1) is 0 Å². The first-order chi connectivity index (χ1) is 11.8. The molecule has 2 aromatic heterocycles. The Kier molecular flexibility index (Phi) is 5.11. The van der Waals surface area contributed by atoms with Crippen molar-refractivity contribution in [3.8, 4) is 11.3 Å². The van der Waals surface area contributed by atoms with Gasteiger partial charge in [0.15, 0.2) is 0 Å². The molecule has 1 amide bonds. The topological polar surface area (TPSA) is 60.1 Å². The minimum atomic E-state index is -0.109. The van der Waals surface area contributed by atoms with E-state index >= 15 is 0 Å². The van der Waals surface area contributed by atoms with Crippen molar-refractivity contribution in [1.29, 1.82) is 0 Å². The van der Waals surface area contributed by atoms with Gasteiger partial charge in [0, 0.05) is 12.7 Å². The third-order valence-electron chi connectivity index (χ3n) is 4.01. The minimum Gasteiger partial charge on any atom is -0.464 e. The summed E-state index contributed by atoms with van der Waals surface area (Å²) in [4.78, 5) is 12.4. The van der Waals surface area contributed by atoms with Gasteiger partial charge in [0.2, 0.25) is 5.91 Å². The van der Waals surface area contributed by atoms with Crippen molar-refractivity contribution in [2.75, 3.05) is 6.54 Å². The number of hydrogen-bond acceptors (Lipinski definition) is 3. The smallest absolute Gasteiger partial charge is 0.227 e. The Balaban J connectivity index is 1.53. The molecule has 1 N–H and O–H groups in total. The van der Waals surface area contributed by atoms with Gasteiger partial charge < -0.3 is 9.73 Å². The van der Waals surface area contributed by atoms with Crippen LogP contribution < -0.4 is 5.32 Å². The predicted molar refractivity (Wildman–Crippen MR) is 92.4 cm³/mol. The molecule has 0 bridgehead atoms. The van der Waals surface area contributed by atoms with Crippen molar-refractivity contribution in [2.24, 2.45) is 0 Å². The SMILES string of the molecule is CC[C@H](C(=O)NCCn1cc(-c2ccco2)cn1)c1ccccc1. The number of furan rings is 1. The first kappa shape index (κ1) is 16.1. The summed E-state index contributed by atoms with van der Waals surface area (Å²) >= 11 is 0. The van der Waals surface area contributed by atoms with Crippen molar-refractivity contribution in [2.45, 2.75) is 25.8 Å². The van der Waals surface area contributed by atoms with Gasteiger partial charge in [0.05, 0.1) is 30.5 Å². The summed E-state index contributed by atoms with van der Waals surface area (Å²) in [6, 6.07) is 13.6. The van der Waals surface area contributed by atoms with Gasteiger partial charge in [-0.2, -0.15) is 5.10 Å². The number of benzene rings is 1. The molecular weight excluding hydrogens is 302 g/mol. The summed E-state index contributed by atoms with van der Waals surface area (Å²) in [6.45, 7) is 3.19. The summed E-state index contributed by atoms with van der Waals surface area (Å²) in [5.41, 5.74) is 1.98. The first-order valence-corrected chi connectivity index (χ1v) is 8.17. The molecule has 1 aromatic carbocycles. The number of rotatable bonds is 7. The molecule has 3 rings (SSSR count). The van der Waals surface area contributed by atoms with Crippen molar-refractivity contribution < 1.29 is 9.21 Å². The molecule has 124 valence electrons. The van der Waals surface area contributed by atoms with Crippen molar-refractivity contribution >= 4 is 5.91 Å². The van der Waals surface area contributed by atoms with Gasteiger partial charge in [-0.1, -0.05) is 37.3 Å². The number of nitrogens with zero attached hydrogens (tertiary/aromatic N) is 2. The maximum atomic E-state index is 12.4. The number of carbonyl (C=O) groups is 1. The van der Waals surface area contributed by atoms with Crippen LogP contribution in [0, 0.1) is 0 Å². The van der Waals surface area contributed by atoms with E-state index in [9.17, 15) is 4.79 Å². The van der Waals surface area contributed by atoms with E-state index in [4.69, 9.17) is 4.42 Å². The molecule has 0 saturated carbocycles. The van der Waals surface area contributed by atoms with E-state index in [1.807, 2.05) is 60.3 Å². The van der Waals surface area contributed by atoms with Crippen molar-refractivity contribution in [1.82, 2.24) is 15.1 Å². The molecule has 0 aliphatic rings. The lowest BCUT2D eigenvalue weighted by molar-refractivity contribution is -0.122. The van der Waals surface area contributed by atoms with Crippen molar-refractivity contribution in [3.63, 3.8) is 0 Å². The van der Waals surface area contributed by atoms with Crippen LogP contribution in [0.2, 0.25) is 0 Å². The largest absolute Gasteiger partial charge is 0.464 e. The number of carbonyl (C=O) groups excluding carboxylic acids is 1. The van der Waals surface area contributed by atoms with Crippen LogP contribution >= 0.6 is 0 Å². The van der Waals surface area contributed by atoms with Crippen LogP contribution in [0.3, 0.4) is 0 Å². The monoisotopic (exact) mass is 323 g/mol. The van der Waals surface area contributed by atoms with Crippen molar-refractivity contribution in [3.05, 3.63) is 66.7 Å². The van der Waals surface area contributed by atoms with Crippen LogP contribution in [0.4, 0.5) is 0 Å². The van der Waals surface area contributed by atoms with Crippen LogP contribution in [-0.2, 0) is 11.3 Å². The van der Waals surface area contributed by atoms with E-state index in [1.165, 1.54) is 0 Å². The second-order valence-electron chi connectivity index (χ2n) is 5.63. The molecule has 0 unspecified atom stereocenters. The highest BCUT2D eigenvalue weighted by Crippen LogP contribution is 2.19. The van der Waals surface area contributed by atoms with Crippen LogP contribution in [0.5, 0.6) is 0 Å². The zero-order valence-electron chi connectivity index (χ0n) is 13.7. The van der Waals surface area contributed by atoms with Crippen LogP contribution in [-0.4, -0.2) is 22.2 Å². The van der Waals surface area contributed by atoms with E-state index in [1.54, 1.807) is 12.5 Å². The molecule has 1 atom stereocenters. The molecule has 2 heterocycles.